The lowest BCUT2D eigenvalue weighted by Gasteiger charge is -2.03. The summed E-state index contributed by atoms with van der Waals surface area (Å²) in [5, 5.41) is 0. The third-order valence-electron chi connectivity index (χ3n) is 2.67. The molecule has 0 aliphatic carbocycles. The largest absolute Gasteiger partial charge is 0.240 e. The lowest BCUT2D eigenvalue weighted by atomic mass is 10.0. The fourth-order valence-electron chi connectivity index (χ4n) is 1.52. The monoisotopic (exact) mass is 253 g/mol. The molecule has 0 aliphatic heterocycles. The summed E-state index contributed by atoms with van der Waals surface area (Å²) in [4.78, 5) is 13.4. The van der Waals surface area contributed by atoms with E-state index in [0.717, 1.165) is 0 Å². The van der Waals surface area contributed by atoms with E-state index in [4.69, 9.17) is 0 Å². The first-order valence-electron chi connectivity index (χ1n) is 6.33. The van der Waals surface area contributed by atoms with Crippen LogP contribution in [-0.2, 0) is 4.79 Å². The Hall–Kier alpha value is -2.18. The Labute approximate surface area is 114 Å². The Morgan fingerprint density at radius 2 is 1.53 bits per heavy atom. The molecule has 0 aliphatic rings. The predicted molar refractivity (Wildman–Crippen MR) is 79.5 cm³/mol. The third-order valence-corrected chi connectivity index (χ3v) is 2.67. The van der Waals surface area contributed by atoms with E-state index in [2.05, 4.69) is 37.9 Å². The molecule has 0 atom stereocenters. The van der Waals surface area contributed by atoms with Crippen LogP contribution in [0, 0.1) is 6.92 Å². The quantitative estimate of drug-likeness (QED) is 0.560. The van der Waals surface area contributed by atoms with Crippen molar-refractivity contribution in [1.29, 1.82) is 0 Å². The van der Waals surface area contributed by atoms with Gasteiger partial charge in [0.25, 0.3) is 0 Å². The second-order valence-electron chi connectivity index (χ2n) is 4.60. The van der Waals surface area contributed by atoms with Crippen LogP contribution in [-0.4, -0.2) is 6.08 Å². The molecule has 0 heterocycles. The minimum absolute atomic E-state index is 0.513. The van der Waals surface area contributed by atoms with Gasteiger partial charge in [0.15, 0.2) is 0 Å². The second-order valence-corrected chi connectivity index (χ2v) is 4.60. The Balaban J connectivity index is 0.000000218. The molecule has 2 rings (SSSR count). The normalized spacial score (nSPS) is 9.26. The van der Waals surface area contributed by atoms with E-state index in [-0.39, 0.29) is 0 Å². The van der Waals surface area contributed by atoms with E-state index >= 15 is 0 Å². The lowest BCUT2D eigenvalue weighted by molar-refractivity contribution is 0.565. The maximum absolute atomic E-state index is 9.90. The molecule has 0 bridgehead atoms. The first-order valence-corrected chi connectivity index (χ1v) is 6.33. The summed E-state index contributed by atoms with van der Waals surface area (Å²) < 4.78 is 0. The highest BCUT2D eigenvalue weighted by Crippen LogP contribution is 2.18. The molecule has 2 heteroatoms. The van der Waals surface area contributed by atoms with Crippen molar-refractivity contribution < 1.29 is 4.79 Å². The minimum Gasteiger partial charge on any atom is -0.211 e. The highest BCUT2D eigenvalue weighted by atomic mass is 16.1. The summed E-state index contributed by atoms with van der Waals surface area (Å²) >= 11 is 0. The highest BCUT2D eigenvalue weighted by Gasteiger charge is 1.97. The summed E-state index contributed by atoms with van der Waals surface area (Å²) in [6.45, 7) is 6.33. The molecule has 0 amide bonds. The van der Waals surface area contributed by atoms with Crippen LogP contribution in [0.3, 0.4) is 0 Å². The van der Waals surface area contributed by atoms with Gasteiger partial charge in [0.1, 0.15) is 0 Å². The molecule has 2 nitrogen and oxygen atoms in total. The van der Waals surface area contributed by atoms with Crippen LogP contribution in [0.5, 0.6) is 0 Å². The maximum Gasteiger partial charge on any atom is 0.240 e. The summed E-state index contributed by atoms with van der Waals surface area (Å²) in [6.07, 6.45) is 1.51. The standard InChI is InChI=1S/C10H11NO.C7H8/c1-8(2)9-3-5-10(6-4-9)11-7-12;1-7-5-3-2-4-6-7/h3-6,8H,1-2H3;2-6H,1H3. The van der Waals surface area contributed by atoms with E-state index in [0.29, 0.717) is 11.6 Å². The van der Waals surface area contributed by atoms with Crippen LogP contribution in [0.15, 0.2) is 59.6 Å². The molecule has 0 saturated heterocycles. The van der Waals surface area contributed by atoms with Gasteiger partial charge in [-0.15, -0.1) is 0 Å². The van der Waals surface area contributed by atoms with Gasteiger partial charge in [-0.2, -0.15) is 4.99 Å². The van der Waals surface area contributed by atoms with Crippen LogP contribution in [0.1, 0.15) is 30.9 Å². The highest BCUT2D eigenvalue weighted by molar-refractivity contribution is 5.49. The Kier molecular flexibility index (Phi) is 6.28. The van der Waals surface area contributed by atoms with Gasteiger partial charge < -0.3 is 0 Å². The number of aliphatic imine (C=N–C) groups is 1. The summed E-state index contributed by atoms with van der Waals surface area (Å²) in [5.74, 6) is 0.513. The molecule has 0 saturated carbocycles. The molecule has 19 heavy (non-hydrogen) atoms. The number of hydrogen-bond donors (Lipinski definition) is 0. The zero-order valence-corrected chi connectivity index (χ0v) is 11.6. The van der Waals surface area contributed by atoms with E-state index in [9.17, 15) is 4.79 Å². The maximum atomic E-state index is 9.90. The van der Waals surface area contributed by atoms with E-state index in [1.807, 2.05) is 42.5 Å². The number of rotatable bonds is 2. The van der Waals surface area contributed by atoms with Crippen LogP contribution < -0.4 is 0 Å². The van der Waals surface area contributed by atoms with Crippen LogP contribution in [0.4, 0.5) is 5.69 Å². The number of carbonyl (C=O) groups excluding carboxylic acids is 1. The van der Waals surface area contributed by atoms with Crippen molar-refractivity contribution in [1.82, 2.24) is 0 Å². The Bertz CT molecular complexity index is 523. The van der Waals surface area contributed by atoms with Crippen LogP contribution in [0.25, 0.3) is 0 Å². The molecule has 0 aromatic heterocycles. The average molecular weight is 253 g/mol. The average Bonchev–Trinajstić information content (AvgIpc) is 2.41. The molecule has 0 N–H and O–H groups in total. The van der Waals surface area contributed by atoms with Gasteiger partial charge >= 0.3 is 0 Å². The topological polar surface area (TPSA) is 29.4 Å². The van der Waals surface area contributed by atoms with E-state index in [1.165, 1.54) is 17.2 Å². The molecule has 0 spiro atoms. The van der Waals surface area contributed by atoms with Gasteiger partial charge in [-0.25, -0.2) is 4.79 Å². The SMILES string of the molecule is CC(C)c1ccc(N=C=O)cc1.Cc1ccccc1. The first-order chi connectivity index (χ1) is 9.13. The van der Waals surface area contributed by atoms with Gasteiger partial charge in [0.05, 0.1) is 5.69 Å². The van der Waals surface area contributed by atoms with Gasteiger partial charge in [-0.1, -0.05) is 61.9 Å². The van der Waals surface area contributed by atoms with Crippen molar-refractivity contribution in [2.24, 2.45) is 4.99 Å². The van der Waals surface area contributed by atoms with Gasteiger partial charge in [-0.3, -0.25) is 0 Å². The van der Waals surface area contributed by atoms with E-state index in [1.54, 1.807) is 0 Å². The Morgan fingerprint density at radius 3 is 1.89 bits per heavy atom. The van der Waals surface area contributed by atoms with Crippen LogP contribution >= 0.6 is 0 Å². The number of aryl methyl sites for hydroxylation is 1. The van der Waals surface area contributed by atoms with Crippen molar-refractivity contribution >= 4 is 11.8 Å². The zero-order chi connectivity index (χ0) is 14.1. The van der Waals surface area contributed by atoms with Gasteiger partial charge in [0.2, 0.25) is 6.08 Å². The third kappa shape index (κ3) is 5.80. The zero-order valence-electron chi connectivity index (χ0n) is 11.6. The Morgan fingerprint density at radius 1 is 0.947 bits per heavy atom. The van der Waals surface area contributed by atoms with Crippen molar-refractivity contribution in [3.63, 3.8) is 0 Å². The fourth-order valence-corrected chi connectivity index (χ4v) is 1.52. The minimum atomic E-state index is 0.513. The summed E-state index contributed by atoms with van der Waals surface area (Å²) in [5.41, 5.74) is 3.23. The molecule has 0 radical (unpaired) electrons. The second kappa shape index (κ2) is 8.02. The smallest absolute Gasteiger partial charge is 0.211 e. The number of isocyanates is 1. The first kappa shape index (κ1) is 14.9. The van der Waals surface area contributed by atoms with Crippen molar-refractivity contribution in [2.45, 2.75) is 26.7 Å². The number of benzene rings is 2. The molecule has 0 unspecified atom stereocenters. The van der Waals surface area contributed by atoms with Crippen molar-refractivity contribution in [2.75, 3.05) is 0 Å². The molecule has 0 fully saturated rings. The molecule has 2 aromatic carbocycles. The predicted octanol–water partition coefficient (Wildman–Crippen LogP) is 4.77. The molecular weight excluding hydrogens is 234 g/mol. The summed E-state index contributed by atoms with van der Waals surface area (Å²) in [7, 11) is 0. The summed E-state index contributed by atoms with van der Waals surface area (Å²) in [6, 6.07) is 17.8. The molecule has 2 aromatic rings. The van der Waals surface area contributed by atoms with Gasteiger partial charge in [0, 0.05) is 0 Å². The molecular formula is C17H19NO. The molecule has 98 valence electrons. The lowest BCUT2D eigenvalue weighted by Crippen LogP contribution is -1.84. The van der Waals surface area contributed by atoms with Crippen LogP contribution in [0.2, 0.25) is 0 Å². The van der Waals surface area contributed by atoms with E-state index < -0.39 is 0 Å². The van der Waals surface area contributed by atoms with Crippen molar-refractivity contribution in [3.8, 4) is 0 Å². The van der Waals surface area contributed by atoms with Crippen molar-refractivity contribution in [3.05, 3.63) is 65.7 Å². The fraction of sp³-hybridized carbons (Fsp3) is 0.235. The number of nitrogens with zero attached hydrogens (tertiary/aromatic N) is 1. The number of hydrogen-bond acceptors (Lipinski definition) is 2. The van der Waals surface area contributed by atoms with Gasteiger partial charge in [-0.05, 0) is 30.5 Å².